The number of carbonyl (C=O) groups excluding carboxylic acids is 3. The summed E-state index contributed by atoms with van der Waals surface area (Å²) in [6, 6.07) is 7.30. The molecule has 3 amide bonds. The van der Waals surface area contributed by atoms with Crippen LogP contribution >= 0.6 is 0 Å². The second kappa shape index (κ2) is 12.6. The molecule has 1 aliphatic heterocycles. The number of aryl methyl sites for hydroxylation is 1. The van der Waals surface area contributed by atoms with Crippen molar-refractivity contribution in [3.05, 3.63) is 30.1 Å². The molecule has 38 heavy (non-hydrogen) atoms. The second-order valence-corrected chi connectivity index (χ2v) is 11.5. The van der Waals surface area contributed by atoms with Crippen LogP contribution in [0, 0.1) is 11.8 Å². The Balaban J connectivity index is 1.97. The number of hydrogen-bond donors (Lipinski definition) is 1. The number of rotatable bonds is 10. The number of methoxy groups -OCH3 is 1. The second-order valence-electron chi connectivity index (χ2n) is 11.5. The number of benzene rings is 1. The van der Waals surface area contributed by atoms with Crippen molar-refractivity contribution < 1.29 is 23.9 Å². The fraction of sp³-hybridized carbons (Fsp3) is 0.643. The highest BCUT2D eigenvalue weighted by Crippen LogP contribution is 2.26. The van der Waals surface area contributed by atoms with Crippen molar-refractivity contribution in [2.24, 2.45) is 17.6 Å². The van der Waals surface area contributed by atoms with Gasteiger partial charge in [0.05, 0.1) is 23.0 Å². The topological polar surface area (TPSA) is 120 Å². The number of likely N-dealkylation sites (tertiary alicyclic amines) is 1. The number of hydrogen-bond acceptors (Lipinski definition) is 6. The Morgan fingerprint density at radius 3 is 2.50 bits per heavy atom. The van der Waals surface area contributed by atoms with E-state index in [9.17, 15) is 14.4 Å². The summed E-state index contributed by atoms with van der Waals surface area (Å²) in [5.41, 5.74) is 6.67. The largest absolute Gasteiger partial charge is 0.444 e. The van der Waals surface area contributed by atoms with Gasteiger partial charge in [0.1, 0.15) is 5.60 Å². The predicted octanol–water partition coefficient (Wildman–Crippen LogP) is 3.67. The third kappa shape index (κ3) is 7.46. The number of aromatic nitrogens is 2. The molecular weight excluding hydrogens is 486 g/mol. The average molecular weight is 530 g/mol. The fourth-order valence-corrected chi connectivity index (χ4v) is 4.88. The summed E-state index contributed by atoms with van der Waals surface area (Å²) in [5, 5.41) is 0. The predicted molar refractivity (Wildman–Crippen MR) is 146 cm³/mol. The normalized spacial score (nSPS) is 18.1. The van der Waals surface area contributed by atoms with Gasteiger partial charge in [0, 0.05) is 39.9 Å². The number of fused-ring (bicyclic) bond motifs is 1. The summed E-state index contributed by atoms with van der Waals surface area (Å²) in [4.78, 5) is 47.5. The monoisotopic (exact) mass is 529 g/mol. The van der Waals surface area contributed by atoms with Gasteiger partial charge >= 0.3 is 6.09 Å². The Hall–Kier alpha value is -3.14. The first-order valence-corrected chi connectivity index (χ1v) is 13.4. The molecule has 2 aromatic rings. The Morgan fingerprint density at radius 1 is 1.16 bits per heavy atom. The van der Waals surface area contributed by atoms with Crippen LogP contribution in [0.1, 0.15) is 64.5 Å². The summed E-state index contributed by atoms with van der Waals surface area (Å²) in [6.45, 7) is 11.6. The number of nitrogens with two attached hydrogens (primary N) is 1. The Labute approximate surface area is 225 Å². The SMILES string of the molecule is COCCCCn1c(C(=O)N(CC(C)C)C2C[C@@H](C(N)=O)CN(C(=O)OC(C)(C)C)C2)nc2ccccc21. The van der Waals surface area contributed by atoms with E-state index in [4.69, 9.17) is 20.2 Å². The number of para-hydroxylation sites is 2. The van der Waals surface area contributed by atoms with Crippen molar-refractivity contribution in [1.82, 2.24) is 19.4 Å². The van der Waals surface area contributed by atoms with Crippen LogP contribution in [0.4, 0.5) is 4.79 Å². The van der Waals surface area contributed by atoms with E-state index in [0.29, 0.717) is 31.9 Å². The maximum Gasteiger partial charge on any atom is 0.410 e. The Bertz CT molecular complexity index is 1120. The van der Waals surface area contributed by atoms with Crippen molar-refractivity contribution in [3.63, 3.8) is 0 Å². The molecule has 2 atom stereocenters. The molecule has 1 aromatic carbocycles. The lowest BCUT2D eigenvalue weighted by Crippen LogP contribution is -2.57. The van der Waals surface area contributed by atoms with Gasteiger partial charge in [0.2, 0.25) is 5.91 Å². The van der Waals surface area contributed by atoms with E-state index in [-0.39, 0.29) is 24.9 Å². The Kier molecular flexibility index (Phi) is 9.76. The van der Waals surface area contributed by atoms with Crippen molar-refractivity contribution >= 4 is 28.9 Å². The van der Waals surface area contributed by atoms with Crippen LogP contribution in [0.25, 0.3) is 11.0 Å². The summed E-state index contributed by atoms with van der Waals surface area (Å²) < 4.78 is 12.8. The molecule has 0 spiro atoms. The van der Waals surface area contributed by atoms with E-state index in [1.807, 2.05) is 42.7 Å². The summed E-state index contributed by atoms with van der Waals surface area (Å²) >= 11 is 0. The maximum atomic E-state index is 14.2. The molecular formula is C28H43N5O5. The number of primary amides is 1. The van der Waals surface area contributed by atoms with E-state index in [1.165, 1.54) is 4.90 Å². The molecule has 2 N–H and O–H groups in total. The number of piperidine rings is 1. The van der Waals surface area contributed by atoms with Gasteiger partial charge in [0.15, 0.2) is 5.82 Å². The Morgan fingerprint density at radius 2 is 1.87 bits per heavy atom. The first kappa shape index (κ1) is 29.4. The lowest BCUT2D eigenvalue weighted by atomic mass is 9.92. The van der Waals surface area contributed by atoms with Crippen molar-refractivity contribution in [3.8, 4) is 0 Å². The van der Waals surface area contributed by atoms with Gasteiger partial charge in [-0.1, -0.05) is 26.0 Å². The number of nitrogens with zero attached hydrogens (tertiary/aromatic N) is 4. The van der Waals surface area contributed by atoms with E-state index in [1.54, 1.807) is 32.8 Å². The van der Waals surface area contributed by atoms with Crippen LogP contribution < -0.4 is 5.73 Å². The lowest BCUT2D eigenvalue weighted by Gasteiger charge is -2.42. The average Bonchev–Trinajstić information content (AvgIpc) is 3.22. The number of unbranched alkanes of at least 4 members (excludes halogenated alkanes) is 1. The molecule has 0 bridgehead atoms. The molecule has 0 saturated carbocycles. The highest BCUT2D eigenvalue weighted by Gasteiger charge is 2.40. The van der Waals surface area contributed by atoms with Gasteiger partial charge in [-0.3, -0.25) is 9.59 Å². The molecule has 2 heterocycles. The standard InChI is InChI=1S/C28H43N5O5/c1-19(2)16-33(21-15-20(24(29)34)17-31(18-21)27(36)38-28(3,4)5)26(35)25-30-22-11-7-8-12-23(22)32(25)13-9-10-14-37-6/h7-8,11-12,19-21H,9-10,13-18H2,1-6H3,(H2,29,34)/t20-,21?/m1/s1. The number of amides is 3. The summed E-state index contributed by atoms with van der Waals surface area (Å²) in [7, 11) is 1.68. The van der Waals surface area contributed by atoms with Crippen LogP contribution in [0.3, 0.4) is 0 Å². The first-order chi connectivity index (χ1) is 17.9. The number of imidazole rings is 1. The zero-order valence-corrected chi connectivity index (χ0v) is 23.6. The number of ether oxygens (including phenoxy) is 2. The van der Waals surface area contributed by atoms with Crippen molar-refractivity contribution in [2.45, 2.75) is 72.1 Å². The van der Waals surface area contributed by atoms with Crippen LogP contribution in [-0.4, -0.2) is 82.3 Å². The van der Waals surface area contributed by atoms with Gasteiger partial charge in [-0.15, -0.1) is 0 Å². The van der Waals surface area contributed by atoms with Gasteiger partial charge in [0.25, 0.3) is 5.91 Å². The van der Waals surface area contributed by atoms with Crippen LogP contribution in [-0.2, 0) is 20.8 Å². The molecule has 1 unspecified atom stereocenters. The van der Waals surface area contributed by atoms with E-state index in [0.717, 1.165) is 23.9 Å². The summed E-state index contributed by atoms with van der Waals surface area (Å²) in [5.74, 6) is -0.792. The minimum absolute atomic E-state index is 0.155. The van der Waals surface area contributed by atoms with Gasteiger partial charge in [-0.2, -0.15) is 0 Å². The molecule has 1 aliphatic rings. The smallest absolute Gasteiger partial charge is 0.410 e. The lowest BCUT2D eigenvalue weighted by molar-refractivity contribution is -0.124. The quantitative estimate of drug-likeness (QED) is 0.469. The minimum Gasteiger partial charge on any atom is -0.444 e. The molecule has 10 nitrogen and oxygen atoms in total. The molecule has 10 heteroatoms. The highest BCUT2D eigenvalue weighted by atomic mass is 16.6. The molecule has 210 valence electrons. The molecule has 1 aromatic heterocycles. The molecule has 0 aliphatic carbocycles. The van der Waals surface area contributed by atoms with Gasteiger partial charge in [-0.05, 0) is 58.1 Å². The molecule has 0 radical (unpaired) electrons. The van der Waals surface area contributed by atoms with Crippen molar-refractivity contribution in [1.29, 1.82) is 0 Å². The molecule has 1 fully saturated rings. The van der Waals surface area contributed by atoms with Crippen molar-refractivity contribution in [2.75, 3.05) is 33.4 Å². The summed E-state index contributed by atoms with van der Waals surface area (Å²) in [6.07, 6.45) is 1.55. The van der Waals surface area contributed by atoms with Gasteiger partial charge in [-0.25, -0.2) is 9.78 Å². The molecule has 3 rings (SSSR count). The van der Waals surface area contributed by atoms with E-state index in [2.05, 4.69) is 0 Å². The van der Waals surface area contributed by atoms with Crippen LogP contribution in [0.5, 0.6) is 0 Å². The number of carbonyl (C=O) groups is 3. The minimum atomic E-state index is -0.687. The zero-order valence-electron chi connectivity index (χ0n) is 23.6. The first-order valence-electron chi connectivity index (χ1n) is 13.4. The fourth-order valence-electron chi connectivity index (χ4n) is 4.88. The van der Waals surface area contributed by atoms with Gasteiger partial charge < -0.3 is 29.6 Å². The van der Waals surface area contributed by atoms with Crippen LogP contribution in [0.15, 0.2) is 24.3 Å². The maximum absolute atomic E-state index is 14.2. The van der Waals surface area contributed by atoms with E-state index >= 15 is 0 Å². The third-order valence-electron chi connectivity index (χ3n) is 6.57. The zero-order chi connectivity index (χ0) is 28.0. The van der Waals surface area contributed by atoms with E-state index < -0.39 is 29.6 Å². The molecule has 1 saturated heterocycles. The highest BCUT2D eigenvalue weighted by molar-refractivity contribution is 5.95. The van der Waals surface area contributed by atoms with Crippen LogP contribution in [0.2, 0.25) is 0 Å². The third-order valence-corrected chi connectivity index (χ3v) is 6.57.